The third-order valence-corrected chi connectivity index (χ3v) is 7.25. The Hall–Kier alpha value is -0.660. The molecule has 3 rings (SSSR count). The van der Waals surface area contributed by atoms with Gasteiger partial charge in [0.2, 0.25) is 0 Å². The molecule has 3 aliphatic rings. The second kappa shape index (κ2) is 5.85. The van der Waals surface area contributed by atoms with Gasteiger partial charge in [-0.15, -0.1) is 0 Å². The summed E-state index contributed by atoms with van der Waals surface area (Å²) in [5.74, 6) is 4.07. The van der Waals surface area contributed by atoms with E-state index in [0.29, 0.717) is 17.6 Å². The maximum absolute atomic E-state index is 12.3. The zero-order valence-corrected chi connectivity index (χ0v) is 13.6. The van der Waals surface area contributed by atoms with Crippen LogP contribution in [0, 0.1) is 35.0 Å². The Kier molecular flexibility index (Phi) is 4.25. The molecule has 0 amide bonds. The van der Waals surface area contributed by atoms with E-state index >= 15 is 0 Å². The monoisotopic (exact) mass is 290 g/mol. The van der Waals surface area contributed by atoms with Crippen LogP contribution in [0.25, 0.3) is 0 Å². The van der Waals surface area contributed by atoms with Crippen LogP contribution in [0.5, 0.6) is 0 Å². The predicted molar refractivity (Wildman–Crippen MR) is 83.9 cm³/mol. The van der Waals surface area contributed by atoms with Gasteiger partial charge in [-0.05, 0) is 61.7 Å². The molecule has 3 saturated carbocycles. The third-order valence-electron chi connectivity index (χ3n) is 7.25. The van der Waals surface area contributed by atoms with E-state index in [1.807, 2.05) is 0 Å². The van der Waals surface area contributed by atoms with Gasteiger partial charge in [-0.2, -0.15) is 0 Å². The summed E-state index contributed by atoms with van der Waals surface area (Å²) in [6.45, 7) is 4.52. The summed E-state index contributed by atoms with van der Waals surface area (Å²) in [5, 5.41) is 0. The first-order valence-corrected chi connectivity index (χ1v) is 9.08. The molecule has 0 radical (unpaired) electrons. The lowest BCUT2D eigenvalue weighted by atomic mass is 9.51. The normalized spacial score (nSPS) is 46.0. The topological polar surface area (TPSA) is 34.1 Å². The molecule has 0 N–H and O–H groups in total. The molecule has 0 aliphatic heterocycles. The molecule has 0 bridgehead atoms. The molecule has 0 heterocycles. The standard InChI is InChI=1S/C19H30O2/c1-3-4-14-13(10-12-20)5-6-16-15(14)9-11-19(2)17(16)7-8-18(19)21/h12-17H,3-11H2,1-2H3. The maximum Gasteiger partial charge on any atom is 0.139 e. The van der Waals surface area contributed by atoms with Gasteiger partial charge in [0.1, 0.15) is 12.1 Å². The Bertz CT molecular complexity index is 416. The molecule has 2 heteroatoms. The number of carbonyl (C=O) groups excluding carboxylic acids is 2. The number of rotatable bonds is 4. The molecular formula is C19H30O2. The second-order valence-electron chi connectivity index (χ2n) is 8.04. The van der Waals surface area contributed by atoms with Crippen molar-refractivity contribution in [2.24, 2.45) is 35.0 Å². The summed E-state index contributed by atoms with van der Waals surface area (Å²) in [6.07, 6.45) is 11.2. The highest BCUT2D eigenvalue weighted by Gasteiger charge is 2.56. The molecule has 0 saturated heterocycles. The molecule has 0 spiro atoms. The SMILES string of the molecule is CCCC1C(CC=O)CCC2C1CCC1(C)C(=O)CCC21. The number of Topliss-reactive ketones (excluding diaryl/α,β-unsaturated/α-hetero) is 1. The Balaban J connectivity index is 1.82. The summed E-state index contributed by atoms with van der Waals surface area (Å²) in [6, 6.07) is 0. The lowest BCUT2D eigenvalue weighted by molar-refractivity contribution is -0.132. The first-order chi connectivity index (χ1) is 10.1. The minimum absolute atomic E-state index is 0.00454. The second-order valence-corrected chi connectivity index (χ2v) is 8.04. The Morgan fingerprint density at radius 2 is 2.00 bits per heavy atom. The molecule has 6 atom stereocenters. The highest BCUT2D eigenvalue weighted by molar-refractivity contribution is 5.87. The zero-order chi connectivity index (χ0) is 15.0. The van der Waals surface area contributed by atoms with Crippen LogP contribution in [-0.4, -0.2) is 12.1 Å². The first kappa shape index (κ1) is 15.2. The Morgan fingerprint density at radius 3 is 2.71 bits per heavy atom. The summed E-state index contributed by atoms with van der Waals surface area (Å²) >= 11 is 0. The Morgan fingerprint density at radius 1 is 1.19 bits per heavy atom. The van der Waals surface area contributed by atoms with Crippen molar-refractivity contribution in [2.45, 2.75) is 71.6 Å². The van der Waals surface area contributed by atoms with E-state index in [1.54, 1.807) is 0 Å². The molecule has 2 nitrogen and oxygen atoms in total. The van der Waals surface area contributed by atoms with Gasteiger partial charge in [0.15, 0.2) is 0 Å². The van der Waals surface area contributed by atoms with E-state index in [0.717, 1.165) is 49.7 Å². The minimum Gasteiger partial charge on any atom is -0.303 e. The van der Waals surface area contributed by atoms with Gasteiger partial charge < -0.3 is 4.79 Å². The summed E-state index contributed by atoms with van der Waals surface area (Å²) < 4.78 is 0. The van der Waals surface area contributed by atoms with Crippen LogP contribution in [0.15, 0.2) is 0 Å². The van der Waals surface area contributed by atoms with Crippen molar-refractivity contribution in [3.63, 3.8) is 0 Å². The Labute approximate surface area is 129 Å². The van der Waals surface area contributed by atoms with Crippen LogP contribution >= 0.6 is 0 Å². The third kappa shape index (κ3) is 2.39. The zero-order valence-electron chi connectivity index (χ0n) is 13.6. The van der Waals surface area contributed by atoms with E-state index < -0.39 is 0 Å². The fourth-order valence-corrected chi connectivity index (χ4v) is 6.20. The van der Waals surface area contributed by atoms with Crippen LogP contribution in [-0.2, 0) is 9.59 Å². The van der Waals surface area contributed by atoms with Gasteiger partial charge in [0.25, 0.3) is 0 Å². The van der Waals surface area contributed by atoms with Gasteiger partial charge in [-0.3, -0.25) is 4.79 Å². The number of hydrogen-bond donors (Lipinski definition) is 0. The molecular weight excluding hydrogens is 260 g/mol. The van der Waals surface area contributed by atoms with Crippen LogP contribution in [0.2, 0.25) is 0 Å². The van der Waals surface area contributed by atoms with E-state index in [-0.39, 0.29) is 5.41 Å². The van der Waals surface area contributed by atoms with Crippen molar-refractivity contribution < 1.29 is 9.59 Å². The average molecular weight is 290 g/mol. The van der Waals surface area contributed by atoms with Crippen LogP contribution in [0.3, 0.4) is 0 Å². The highest BCUT2D eigenvalue weighted by Crippen LogP contribution is 2.60. The number of fused-ring (bicyclic) bond motifs is 3. The van der Waals surface area contributed by atoms with Gasteiger partial charge in [-0.25, -0.2) is 0 Å². The van der Waals surface area contributed by atoms with Crippen molar-refractivity contribution in [2.75, 3.05) is 0 Å². The van der Waals surface area contributed by atoms with E-state index in [4.69, 9.17) is 0 Å². The van der Waals surface area contributed by atoms with E-state index in [9.17, 15) is 9.59 Å². The van der Waals surface area contributed by atoms with Crippen molar-refractivity contribution in [1.82, 2.24) is 0 Å². The number of ketones is 1. The molecule has 0 aromatic carbocycles. The molecule has 0 aromatic heterocycles. The molecule has 118 valence electrons. The minimum atomic E-state index is -0.00454. The fraction of sp³-hybridized carbons (Fsp3) is 0.895. The van der Waals surface area contributed by atoms with Crippen LogP contribution < -0.4 is 0 Å². The van der Waals surface area contributed by atoms with Crippen molar-refractivity contribution >= 4 is 12.1 Å². The first-order valence-electron chi connectivity index (χ1n) is 9.08. The van der Waals surface area contributed by atoms with Crippen molar-refractivity contribution in [1.29, 1.82) is 0 Å². The largest absolute Gasteiger partial charge is 0.303 e. The smallest absolute Gasteiger partial charge is 0.139 e. The quantitative estimate of drug-likeness (QED) is 0.719. The van der Waals surface area contributed by atoms with Crippen LogP contribution in [0.4, 0.5) is 0 Å². The van der Waals surface area contributed by atoms with Crippen LogP contribution in [0.1, 0.15) is 71.6 Å². The molecule has 21 heavy (non-hydrogen) atoms. The number of hydrogen-bond acceptors (Lipinski definition) is 2. The maximum atomic E-state index is 12.3. The van der Waals surface area contributed by atoms with E-state index in [2.05, 4.69) is 13.8 Å². The molecule has 3 fully saturated rings. The van der Waals surface area contributed by atoms with Gasteiger partial charge in [-0.1, -0.05) is 26.7 Å². The highest BCUT2D eigenvalue weighted by atomic mass is 16.1. The number of carbonyl (C=O) groups is 2. The summed E-state index contributed by atoms with van der Waals surface area (Å²) in [7, 11) is 0. The fourth-order valence-electron chi connectivity index (χ4n) is 6.20. The van der Waals surface area contributed by atoms with Gasteiger partial charge in [0, 0.05) is 18.3 Å². The van der Waals surface area contributed by atoms with Crippen molar-refractivity contribution in [3.8, 4) is 0 Å². The molecule has 3 aliphatic carbocycles. The summed E-state index contributed by atoms with van der Waals surface area (Å²) in [5.41, 5.74) is -0.00454. The predicted octanol–water partition coefficient (Wildman–Crippen LogP) is 4.41. The van der Waals surface area contributed by atoms with Crippen molar-refractivity contribution in [3.05, 3.63) is 0 Å². The van der Waals surface area contributed by atoms with Gasteiger partial charge >= 0.3 is 0 Å². The lowest BCUT2D eigenvalue weighted by Crippen LogP contribution is -2.47. The lowest BCUT2D eigenvalue weighted by Gasteiger charge is -2.53. The average Bonchev–Trinajstić information content (AvgIpc) is 2.78. The molecule has 6 unspecified atom stereocenters. The summed E-state index contributed by atoms with van der Waals surface area (Å²) in [4.78, 5) is 23.3. The molecule has 0 aromatic rings. The van der Waals surface area contributed by atoms with Gasteiger partial charge in [0.05, 0.1) is 0 Å². The van der Waals surface area contributed by atoms with E-state index in [1.165, 1.54) is 32.1 Å². The number of aldehydes is 1.